The predicted octanol–water partition coefficient (Wildman–Crippen LogP) is 0.952. The molecule has 0 rings (SSSR count). The van der Waals surface area contributed by atoms with Crippen LogP contribution in [0.15, 0.2) is 0 Å². The van der Waals surface area contributed by atoms with Crippen molar-refractivity contribution >= 4 is 0 Å². The van der Waals surface area contributed by atoms with Gasteiger partial charge in [-0.3, -0.25) is 0 Å². The molecular formula is C18H38O6. The topological polar surface area (TPSA) is 121 Å². The van der Waals surface area contributed by atoms with Gasteiger partial charge in [-0.05, 0) is 6.42 Å². The van der Waals surface area contributed by atoms with Crippen LogP contribution in [0.3, 0.4) is 0 Å². The Kier molecular flexibility index (Phi) is 14.9. The fraction of sp³-hybridized carbons (Fsp3) is 1.00. The number of aliphatic hydroxyl groups is 6. The SMILES string of the molecule is CCCCCCCCCCCC(C(O)C(O)CO)C(O)C(O)CO. The van der Waals surface area contributed by atoms with Crippen LogP contribution >= 0.6 is 0 Å². The summed E-state index contributed by atoms with van der Waals surface area (Å²) in [7, 11) is 0. The van der Waals surface area contributed by atoms with Crippen LogP contribution in [0.1, 0.15) is 71.1 Å². The molecule has 0 fully saturated rings. The third-order valence-electron chi connectivity index (χ3n) is 4.68. The van der Waals surface area contributed by atoms with Crippen LogP contribution in [0, 0.1) is 5.92 Å². The lowest BCUT2D eigenvalue weighted by atomic mass is 9.85. The minimum absolute atomic E-state index is 0.423. The zero-order valence-electron chi connectivity index (χ0n) is 15.1. The molecule has 6 N–H and O–H groups in total. The summed E-state index contributed by atoms with van der Waals surface area (Å²) < 4.78 is 0. The Morgan fingerprint density at radius 1 is 0.583 bits per heavy atom. The molecule has 0 aliphatic heterocycles. The highest BCUT2D eigenvalue weighted by molar-refractivity contribution is 4.84. The predicted molar refractivity (Wildman–Crippen MR) is 93.5 cm³/mol. The van der Waals surface area contributed by atoms with Crippen LogP contribution in [0.25, 0.3) is 0 Å². The maximum atomic E-state index is 10.1. The number of hydrogen-bond donors (Lipinski definition) is 6. The van der Waals surface area contributed by atoms with E-state index in [1.54, 1.807) is 0 Å². The second-order valence-corrected chi connectivity index (χ2v) is 6.76. The van der Waals surface area contributed by atoms with E-state index in [1.807, 2.05) is 0 Å². The highest BCUT2D eigenvalue weighted by Gasteiger charge is 2.34. The van der Waals surface area contributed by atoms with Crippen LogP contribution in [0.4, 0.5) is 0 Å². The van der Waals surface area contributed by atoms with Crippen LogP contribution in [-0.4, -0.2) is 68.3 Å². The standard InChI is InChI=1S/C18H38O6/c1-2-3-4-5-6-7-8-9-10-11-14(17(23)15(21)12-19)18(24)16(22)13-20/h14-24H,2-13H2,1H3. The molecule has 0 aromatic carbocycles. The normalized spacial score (nSPS) is 18.1. The fourth-order valence-corrected chi connectivity index (χ4v) is 3.02. The highest BCUT2D eigenvalue weighted by atomic mass is 16.4. The molecule has 0 amide bonds. The maximum Gasteiger partial charge on any atom is 0.103 e. The van der Waals surface area contributed by atoms with Gasteiger partial charge >= 0.3 is 0 Å². The smallest absolute Gasteiger partial charge is 0.103 e. The summed E-state index contributed by atoms with van der Waals surface area (Å²) >= 11 is 0. The van der Waals surface area contributed by atoms with E-state index in [4.69, 9.17) is 10.2 Å². The average Bonchev–Trinajstić information content (AvgIpc) is 2.60. The lowest BCUT2D eigenvalue weighted by Crippen LogP contribution is -2.46. The molecule has 6 heteroatoms. The number of rotatable bonds is 16. The zero-order chi connectivity index (χ0) is 18.4. The van der Waals surface area contributed by atoms with Crippen LogP contribution in [0.5, 0.6) is 0 Å². The first-order chi connectivity index (χ1) is 11.5. The molecule has 0 aromatic rings. The Labute approximate surface area is 146 Å². The lowest BCUT2D eigenvalue weighted by molar-refractivity contribution is -0.113. The van der Waals surface area contributed by atoms with Gasteiger partial charge in [-0.2, -0.15) is 0 Å². The van der Waals surface area contributed by atoms with Gasteiger partial charge in [0.2, 0.25) is 0 Å². The molecule has 6 nitrogen and oxygen atoms in total. The Morgan fingerprint density at radius 2 is 0.958 bits per heavy atom. The molecule has 0 aromatic heterocycles. The third kappa shape index (κ3) is 9.91. The van der Waals surface area contributed by atoms with Crippen molar-refractivity contribution in [3.8, 4) is 0 Å². The first kappa shape index (κ1) is 23.8. The number of hydrogen-bond acceptors (Lipinski definition) is 6. The Morgan fingerprint density at radius 3 is 1.33 bits per heavy atom. The van der Waals surface area contributed by atoms with Crippen molar-refractivity contribution in [2.24, 2.45) is 5.92 Å². The van der Waals surface area contributed by atoms with Crippen molar-refractivity contribution in [2.75, 3.05) is 13.2 Å². The summed E-state index contributed by atoms with van der Waals surface area (Å²) in [6.07, 6.45) is 5.28. The quantitative estimate of drug-likeness (QED) is 0.231. The van der Waals surface area contributed by atoms with Crippen LogP contribution in [-0.2, 0) is 0 Å². The van der Waals surface area contributed by atoms with E-state index in [9.17, 15) is 20.4 Å². The monoisotopic (exact) mass is 350 g/mol. The summed E-state index contributed by atoms with van der Waals surface area (Å²) in [6, 6.07) is 0. The van der Waals surface area contributed by atoms with Gasteiger partial charge in [0.25, 0.3) is 0 Å². The van der Waals surface area contributed by atoms with E-state index < -0.39 is 43.5 Å². The van der Waals surface area contributed by atoms with Gasteiger partial charge in [0.15, 0.2) is 0 Å². The van der Waals surface area contributed by atoms with E-state index in [-0.39, 0.29) is 0 Å². The Balaban J connectivity index is 4.13. The number of aliphatic hydroxyl groups excluding tert-OH is 6. The third-order valence-corrected chi connectivity index (χ3v) is 4.68. The second kappa shape index (κ2) is 15.0. The molecule has 0 aliphatic carbocycles. The summed E-state index contributed by atoms with van der Waals surface area (Å²) in [5, 5.41) is 57.2. The zero-order valence-corrected chi connectivity index (χ0v) is 15.1. The molecule has 0 saturated heterocycles. The Hall–Kier alpha value is -0.240. The van der Waals surface area contributed by atoms with E-state index in [2.05, 4.69) is 6.92 Å². The first-order valence-electron chi connectivity index (χ1n) is 9.43. The summed E-state index contributed by atoms with van der Waals surface area (Å²) in [4.78, 5) is 0. The second-order valence-electron chi connectivity index (χ2n) is 6.76. The van der Waals surface area contributed by atoms with Crippen LogP contribution in [0.2, 0.25) is 0 Å². The van der Waals surface area contributed by atoms with Gasteiger partial charge < -0.3 is 30.6 Å². The summed E-state index contributed by atoms with van der Waals surface area (Å²) in [5.41, 5.74) is 0. The van der Waals surface area contributed by atoms with E-state index in [0.717, 1.165) is 25.7 Å². The van der Waals surface area contributed by atoms with Crippen molar-refractivity contribution < 1.29 is 30.6 Å². The minimum Gasteiger partial charge on any atom is -0.394 e. The van der Waals surface area contributed by atoms with E-state index in [1.165, 1.54) is 32.1 Å². The van der Waals surface area contributed by atoms with Crippen molar-refractivity contribution in [1.82, 2.24) is 0 Å². The van der Waals surface area contributed by atoms with Gasteiger partial charge in [0, 0.05) is 5.92 Å². The van der Waals surface area contributed by atoms with Gasteiger partial charge in [-0.25, -0.2) is 0 Å². The first-order valence-corrected chi connectivity index (χ1v) is 9.43. The highest BCUT2D eigenvalue weighted by Crippen LogP contribution is 2.23. The summed E-state index contributed by atoms with van der Waals surface area (Å²) in [6.45, 7) is 0.968. The van der Waals surface area contributed by atoms with Crippen LogP contribution < -0.4 is 0 Å². The van der Waals surface area contributed by atoms with Gasteiger partial charge in [0.05, 0.1) is 25.4 Å². The molecule has 0 bridgehead atoms. The largest absolute Gasteiger partial charge is 0.394 e. The van der Waals surface area contributed by atoms with Gasteiger partial charge in [0.1, 0.15) is 12.2 Å². The van der Waals surface area contributed by atoms with Gasteiger partial charge in [-0.1, -0.05) is 64.7 Å². The molecule has 4 unspecified atom stereocenters. The van der Waals surface area contributed by atoms with Crippen molar-refractivity contribution in [1.29, 1.82) is 0 Å². The van der Waals surface area contributed by atoms with Crippen molar-refractivity contribution in [3.63, 3.8) is 0 Å². The number of unbranched alkanes of at least 4 members (excludes halogenated alkanes) is 8. The van der Waals surface area contributed by atoms with E-state index in [0.29, 0.717) is 6.42 Å². The minimum atomic E-state index is -1.37. The van der Waals surface area contributed by atoms with E-state index >= 15 is 0 Å². The van der Waals surface area contributed by atoms with Crippen molar-refractivity contribution in [2.45, 2.75) is 95.5 Å². The lowest BCUT2D eigenvalue weighted by Gasteiger charge is -2.32. The van der Waals surface area contributed by atoms with Crippen molar-refractivity contribution in [3.05, 3.63) is 0 Å². The molecule has 0 saturated carbocycles. The molecule has 24 heavy (non-hydrogen) atoms. The molecule has 0 spiro atoms. The molecule has 0 heterocycles. The molecular weight excluding hydrogens is 312 g/mol. The maximum absolute atomic E-state index is 10.1. The average molecular weight is 350 g/mol. The molecule has 4 atom stereocenters. The Bertz CT molecular complexity index is 260. The molecule has 0 radical (unpaired) electrons. The molecule has 146 valence electrons. The van der Waals surface area contributed by atoms with Gasteiger partial charge in [-0.15, -0.1) is 0 Å². The summed E-state index contributed by atoms with van der Waals surface area (Å²) in [5.74, 6) is -0.779. The molecule has 0 aliphatic rings. The fourth-order valence-electron chi connectivity index (χ4n) is 3.02.